The van der Waals surface area contributed by atoms with Gasteiger partial charge in [-0.3, -0.25) is 9.18 Å². The minimum absolute atomic E-state index is 0.0299. The van der Waals surface area contributed by atoms with E-state index in [1.165, 1.54) is 0 Å². The quantitative estimate of drug-likeness (QED) is 0.749. The molecule has 2 heterocycles. The third-order valence-corrected chi connectivity index (χ3v) is 2.73. The maximum absolute atomic E-state index is 12.2. The zero-order valence-electron chi connectivity index (χ0n) is 8.92. The lowest BCUT2D eigenvalue weighted by Crippen LogP contribution is -2.50. The fourth-order valence-electron chi connectivity index (χ4n) is 1.85. The number of alkyl halides is 1. The molecule has 1 fully saturated rings. The minimum atomic E-state index is -0.340. The molecule has 1 aromatic rings. The Morgan fingerprint density at radius 1 is 1.60 bits per heavy atom. The van der Waals surface area contributed by atoms with Crippen molar-refractivity contribution in [3.63, 3.8) is 0 Å². The Labute approximate surface area is 87.9 Å². The van der Waals surface area contributed by atoms with E-state index in [0.717, 1.165) is 5.76 Å². The summed E-state index contributed by atoms with van der Waals surface area (Å²) in [6.45, 7) is 4.29. The Morgan fingerprint density at radius 2 is 2.27 bits per heavy atom. The van der Waals surface area contributed by atoms with Gasteiger partial charge in [-0.05, 0) is 19.9 Å². The van der Waals surface area contributed by atoms with Gasteiger partial charge in [0.15, 0.2) is 0 Å². The number of likely N-dealkylation sites (tertiary alicyclic amines) is 1. The first-order chi connectivity index (χ1) is 7.11. The summed E-state index contributed by atoms with van der Waals surface area (Å²) >= 11 is 0. The van der Waals surface area contributed by atoms with E-state index in [1.54, 1.807) is 17.9 Å². The van der Waals surface area contributed by atoms with Crippen molar-refractivity contribution in [3.8, 4) is 0 Å². The van der Waals surface area contributed by atoms with E-state index in [0.29, 0.717) is 24.4 Å². The molecular weight excluding hydrogens is 197 g/mol. The van der Waals surface area contributed by atoms with Crippen molar-refractivity contribution in [3.05, 3.63) is 23.2 Å². The van der Waals surface area contributed by atoms with Gasteiger partial charge < -0.3 is 9.32 Å². The molecule has 0 atom stereocenters. The van der Waals surface area contributed by atoms with Crippen LogP contribution in [0, 0.1) is 19.8 Å². The highest BCUT2D eigenvalue weighted by Gasteiger charge is 2.32. The SMILES string of the molecule is Cc1cc(C(=O)N2CC(CF)C2)c(C)o1. The molecule has 15 heavy (non-hydrogen) atoms. The summed E-state index contributed by atoms with van der Waals surface area (Å²) < 4.78 is 17.5. The van der Waals surface area contributed by atoms with Crippen molar-refractivity contribution in [2.75, 3.05) is 19.8 Å². The number of carbonyl (C=O) groups excluding carboxylic acids is 1. The fraction of sp³-hybridized carbons (Fsp3) is 0.545. The van der Waals surface area contributed by atoms with Gasteiger partial charge in [0.1, 0.15) is 11.5 Å². The Bertz CT molecular complexity index is 380. The standard InChI is InChI=1S/C11H14FNO2/c1-7-3-10(8(2)15-7)11(14)13-5-9(4-12)6-13/h3,9H,4-6H2,1-2H3. The summed E-state index contributed by atoms with van der Waals surface area (Å²) in [5.74, 6) is 1.36. The first kappa shape index (κ1) is 10.2. The van der Waals surface area contributed by atoms with Crippen molar-refractivity contribution in [2.24, 2.45) is 5.92 Å². The van der Waals surface area contributed by atoms with Gasteiger partial charge in [0.2, 0.25) is 0 Å². The third-order valence-electron chi connectivity index (χ3n) is 2.73. The normalized spacial score (nSPS) is 16.6. The van der Waals surface area contributed by atoms with Crippen molar-refractivity contribution < 1.29 is 13.6 Å². The first-order valence-electron chi connectivity index (χ1n) is 5.04. The van der Waals surface area contributed by atoms with Crippen molar-refractivity contribution >= 4 is 5.91 Å². The molecule has 0 radical (unpaired) electrons. The average Bonchev–Trinajstić information content (AvgIpc) is 2.43. The van der Waals surface area contributed by atoms with Crippen LogP contribution in [-0.2, 0) is 0 Å². The summed E-state index contributed by atoms with van der Waals surface area (Å²) in [7, 11) is 0. The van der Waals surface area contributed by atoms with Crippen LogP contribution in [-0.4, -0.2) is 30.6 Å². The molecular formula is C11H14FNO2. The van der Waals surface area contributed by atoms with Crippen LogP contribution in [0.25, 0.3) is 0 Å². The number of nitrogens with zero attached hydrogens (tertiary/aromatic N) is 1. The number of carbonyl (C=O) groups is 1. The molecule has 3 nitrogen and oxygen atoms in total. The van der Waals surface area contributed by atoms with Crippen LogP contribution < -0.4 is 0 Å². The summed E-state index contributed by atoms with van der Waals surface area (Å²) in [4.78, 5) is 13.5. The van der Waals surface area contributed by atoms with E-state index in [9.17, 15) is 9.18 Å². The molecule has 0 bridgehead atoms. The minimum Gasteiger partial charge on any atom is -0.466 e. The molecule has 1 aliphatic heterocycles. The summed E-state index contributed by atoms with van der Waals surface area (Å²) in [6, 6.07) is 1.74. The van der Waals surface area contributed by atoms with Crippen molar-refractivity contribution in [1.82, 2.24) is 4.90 Å². The molecule has 4 heteroatoms. The van der Waals surface area contributed by atoms with E-state index in [-0.39, 0.29) is 18.5 Å². The molecule has 1 aromatic heterocycles. The van der Waals surface area contributed by atoms with Crippen LogP contribution in [0.3, 0.4) is 0 Å². The Balaban J connectivity index is 2.06. The second-order valence-electron chi connectivity index (χ2n) is 4.06. The molecule has 0 unspecified atom stereocenters. The number of rotatable bonds is 2. The largest absolute Gasteiger partial charge is 0.466 e. The van der Waals surface area contributed by atoms with Gasteiger partial charge in [0.25, 0.3) is 5.91 Å². The maximum Gasteiger partial charge on any atom is 0.257 e. The molecule has 0 saturated carbocycles. The Morgan fingerprint density at radius 3 is 2.73 bits per heavy atom. The molecule has 0 aromatic carbocycles. The highest BCUT2D eigenvalue weighted by Crippen LogP contribution is 2.22. The topological polar surface area (TPSA) is 33.5 Å². The smallest absolute Gasteiger partial charge is 0.257 e. The van der Waals surface area contributed by atoms with Gasteiger partial charge >= 0.3 is 0 Å². The second-order valence-corrected chi connectivity index (χ2v) is 4.06. The van der Waals surface area contributed by atoms with E-state index < -0.39 is 0 Å². The third kappa shape index (κ3) is 1.76. The van der Waals surface area contributed by atoms with E-state index in [1.807, 2.05) is 6.92 Å². The highest BCUT2D eigenvalue weighted by molar-refractivity contribution is 5.95. The predicted molar refractivity (Wildman–Crippen MR) is 53.6 cm³/mol. The average molecular weight is 211 g/mol. The second kappa shape index (κ2) is 3.68. The van der Waals surface area contributed by atoms with Crippen LogP contribution in [0.15, 0.2) is 10.5 Å². The number of hydrogen-bond donors (Lipinski definition) is 0. The summed E-state index contributed by atoms with van der Waals surface area (Å²) in [6.07, 6.45) is 0. The van der Waals surface area contributed by atoms with Gasteiger partial charge in [0, 0.05) is 19.0 Å². The molecule has 0 spiro atoms. The summed E-state index contributed by atoms with van der Waals surface area (Å²) in [5.41, 5.74) is 0.602. The molecule has 1 saturated heterocycles. The van der Waals surface area contributed by atoms with Gasteiger partial charge in [-0.1, -0.05) is 0 Å². The molecule has 0 N–H and O–H groups in total. The molecule has 1 aliphatic rings. The maximum atomic E-state index is 12.2. The van der Waals surface area contributed by atoms with Crippen LogP contribution in [0.5, 0.6) is 0 Å². The van der Waals surface area contributed by atoms with Gasteiger partial charge in [-0.2, -0.15) is 0 Å². The molecule has 82 valence electrons. The van der Waals surface area contributed by atoms with Crippen LogP contribution in [0.2, 0.25) is 0 Å². The van der Waals surface area contributed by atoms with E-state index in [2.05, 4.69) is 0 Å². The number of amides is 1. The van der Waals surface area contributed by atoms with Gasteiger partial charge in [-0.25, -0.2) is 0 Å². The number of halogens is 1. The lowest BCUT2D eigenvalue weighted by molar-refractivity contribution is 0.0451. The van der Waals surface area contributed by atoms with Crippen LogP contribution in [0.1, 0.15) is 21.9 Å². The first-order valence-corrected chi connectivity index (χ1v) is 5.04. The number of furan rings is 1. The lowest BCUT2D eigenvalue weighted by atomic mass is 10.0. The molecule has 1 amide bonds. The van der Waals surface area contributed by atoms with Crippen molar-refractivity contribution in [1.29, 1.82) is 0 Å². The van der Waals surface area contributed by atoms with Gasteiger partial charge in [0.05, 0.1) is 12.2 Å². The zero-order valence-corrected chi connectivity index (χ0v) is 8.92. The van der Waals surface area contributed by atoms with Crippen LogP contribution in [0.4, 0.5) is 4.39 Å². The van der Waals surface area contributed by atoms with E-state index >= 15 is 0 Å². The Hall–Kier alpha value is -1.32. The Kier molecular flexibility index (Phi) is 2.50. The number of aryl methyl sites for hydroxylation is 2. The lowest BCUT2D eigenvalue weighted by Gasteiger charge is -2.37. The summed E-state index contributed by atoms with van der Waals surface area (Å²) in [5, 5.41) is 0. The van der Waals surface area contributed by atoms with Gasteiger partial charge in [-0.15, -0.1) is 0 Å². The fourth-order valence-corrected chi connectivity index (χ4v) is 1.85. The zero-order chi connectivity index (χ0) is 11.0. The highest BCUT2D eigenvalue weighted by atomic mass is 19.1. The van der Waals surface area contributed by atoms with Crippen molar-refractivity contribution in [2.45, 2.75) is 13.8 Å². The monoisotopic (exact) mass is 211 g/mol. The van der Waals surface area contributed by atoms with Crippen LogP contribution >= 0.6 is 0 Å². The number of hydrogen-bond acceptors (Lipinski definition) is 2. The molecule has 2 rings (SSSR count). The molecule has 0 aliphatic carbocycles. The van der Waals surface area contributed by atoms with E-state index in [4.69, 9.17) is 4.42 Å². The predicted octanol–water partition coefficient (Wildman–Crippen LogP) is 1.94.